The first-order valence-corrected chi connectivity index (χ1v) is 4.23. The lowest BCUT2D eigenvalue weighted by molar-refractivity contribution is 0.0557. The van der Waals surface area contributed by atoms with E-state index in [9.17, 15) is 12.8 Å². The molecule has 1 aliphatic heterocycles. The molecule has 1 unspecified atom stereocenters. The molecule has 1 rings (SSSR count). The van der Waals surface area contributed by atoms with Gasteiger partial charge in [-0.15, -0.1) is 0 Å². The second-order valence-electron chi connectivity index (χ2n) is 1.91. The second kappa shape index (κ2) is 2.22. The Balaban J connectivity index is 2.62. The van der Waals surface area contributed by atoms with Crippen molar-refractivity contribution in [1.82, 2.24) is 0 Å². The van der Waals surface area contributed by atoms with Gasteiger partial charge in [0, 0.05) is 6.42 Å². The van der Waals surface area contributed by atoms with Crippen LogP contribution < -0.4 is 0 Å². The highest BCUT2D eigenvalue weighted by Gasteiger charge is 2.24. The molecule has 0 radical (unpaired) electrons. The van der Waals surface area contributed by atoms with Crippen LogP contribution in [0.2, 0.25) is 0 Å². The summed E-state index contributed by atoms with van der Waals surface area (Å²) in [5.41, 5.74) is 0. The molecule has 0 spiro atoms. The van der Waals surface area contributed by atoms with Crippen molar-refractivity contribution in [1.29, 1.82) is 0 Å². The van der Waals surface area contributed by atoms with Gasteiger partial charge in [0.15, 0.2) is 0 Å². The van der Waals surface area contributed by atoms with E-state index in [1.54, 1.807) is 0 Å². The molecular formula is C4H7FO3S. The Labute approximate surface area is 52.9 Å². The zero-order chi connectivity index (χ0) is 6.91. The molecule has 0 amide bonds. The summed E-state index contributed by atoms with van der Waals surface area (Å²) in [5.74, 6) is -0.0482. The highest BCUT2D eigenvalue weighted by atomic mass is 32.2. The first kappa shape index (κ1) is 6.95. The quantitative estimate of drug-likeness (QED) is 0.475. The van der Waals surface area contributed by atoms with Crippen LogP contribution in [0.15, 0.2) is 0 Å². The zero-order valence-electron chi connectivity index (χ0n) is 4.71. The van der Waals surface area contributed by atoms with Crippen molar-refractivity contribution in [2.75, 3.05) is 5.75 Å². The molecule has 0 aromatic rings. The minimum absolute atomic E-state index is 0.0482. The van der Waals surface area contributed by atoms with E-state index in [0.29, 0.717) is 6.42 Å². The van der Waals surface area contributed by atoms with Gasteiger partial charge in [-0.2, -0.15) is 8.42 Å². The number of hydrogen-bond acceptors (Lipinski definition) is 3. The van der Waals surface area contributed by atoms with E-state index in [4.69, 9.17) is 0 Å². The summed E-state index contributed by atoms with van der Waals surface area (Å²) in [6.07, 6.45) is -1.05. The fraction of sp³-hybridized carbons (Fsp3) is 1.00. The monoisotopic (exact) mass is 154 g/mol. The van der Waals surface area contributed by atoms with Crippen LogP contribution in [-0.4, -0.2) is 20.5 Å². The van der Waals surface area contributed by atoms with E-state index in [1.165, 1.54) is 0 Å². The van der Waals surface area contributed by atoms with Gasteiger partial charge in [0.1, 0.15) is 0 Å². The van der Waals surface area contributed by atoms with Crippen molar-refractivity contribution >= 4 is 10.1 Å². The summed E-state index contributed by atoms with van der Waals surface area (Å²) >= 11 is 0. The van der Waals surface area contributed by atoms with Gasteiger partial charge in [-0.25, -0.2) is 8.57 Å². The van der Waals surface area contributed by atoms with Crippen molar-refractivity contribution in [3.05, 3.63) is 0 Å². The normalized spacial score (nSPS) is 34.1. The largest absolute Gasteiger partial charge is 0.270 e. The lowest BCUT2D eigenvalue weighted by Crippen LogP contribution is -2.23. The number of halogens is 1. The average molecular weight is 154 g/mol. The Morgan fingerprint density at radius 2 is 2.22 bits per heavy atom. The predicted molar refractivity (Wildman–Crippen MR) is 29.0 cm³/mol. The van der Waals surface area contributed by atoms with E-state index < -0.39 is 16.5 Å². The maximum atomic E-state index is 12.1. The Hall–Kier alpha value is -0.160. The molecule has 1 heterocycles. The van der Waals surface area contributed by atoms with E-state index in [-0.39, 0.29) is 12.2 Å². The number of alkyl halides is 1. The molecule has 0 N–H and O–H groups in total. The molecule has 1 fully saturated rings. The topological polar surface area (TPSA) is 43.4 Å². The van der Waals surface area contributed by atoms with Gasteiger partial charge in [0.25, 0.3) is 10.1 Å². The Kier molecular flexibility index (Phi) is 1.72. The smallest absolute Gasteiger partial charge is 0.233 e. The maximum Gasteiger partial charge on any atom is 0.270 e. The molecule has 0 aromatic carbocycles. The summed E-state index contributed by atoms with van der Waals surface area (Å²) in [7, 11) is -3.51. The average Bonchev–Trinajstić information content (AvgIpc) is 1.60. The molecule has 1 saturated heterocycles. The van der Waals surface area contributed by atoms with Crippen LogP contribution in [0.1, 0.15) is 12.8 Å². The molecule has 0 aromatic heterocycles. The van der Waals surface area contributed by atoms with Crippen molar-refractivity contribution < 1.29 is 17.0 Å². The summed E-state index contributed by atoms with van der Waals surface area (Å²) in [6.45, 7) is 0. The Morgan fingerprint density at radius 1 is 1.56 bits per heavy atom. The standard InChI is InChI=1S/C4H7FO3S/c5-4-2-1-3-9(6,7)8-4/h4H,1-3H2. The van der Waals surface area contributed by atoms with Gasteiger partial charge in [0.05, 0.1) is 5.75 Å². The zero-order valence-corrected chi connectivity index (χ0v) is 5.53. The SMILES string of the molecule is O=S1(=O)CCCC(F)O1. The molecule has 54 valence electrons. The van der Waals surface area contributed by atoms with Crippen LogP contribution in [0.25, 0.3) is 0 Å². The fourth-order valence-corrected chi connectivity index (χ4v) is 1.71. The third kappa shape index (κ3) is 1.91. The molecule has 5 heteroatoms. The first-order valence-electron chi connectivity index (χ1n) is 2.65. The van der Waals surface area contributed by atoms with Gasteiger partial charge >= 0.3 is 0 Å². The van der Waals surface area contributed by atoms with Crippen LogP contribution in [0.4, 0.5) is 4.39 Å². The molecule has 0 bridgehead atoms. The van der Waals surface area contributed by atoms with E-state index >= 15 is 0 Å². The molecule has 3 nitrogen and oxygen atoms in total. The third-order valence-corrected chi connectivity index (χ3v) is 2.37. The third-order valence-electron chi connectivity index (χ3n) is 1.08. The first-order chi connectivity index (χ1) is 4.10. The van der Waals surface area contributed by atoms with Crippen LogP contribution in [0.3, 0.4) is 0 Å². The maximum absolute atomic E-state index is 12.1. The second-order valence-corrected chi connectivity index (χ2v) is 3.63. The molecule has 0 saturated carbocycles. The van der Waals surface area contributed by atoms with Crippen molar-refractivity contribution in [2.24, 2.45) is 0 Å². The van der Waals surface area contributed by atoms with Gasteiger partial charge in [0.2, 0.25) is 6.36 Å². The molecule has 9 heavy (non-hydrogen) atoms. The summed E-state index contributed by atoms with van der Waals surface area (Å²) in [6, 6.07) is 0. The molecule has 1 aliphatic rings. The minimum Gasteiger partial charge on any atom is -0.233 e. The van der Waals surface area contributed by atoms with Crippen molar-refractivity contribution in [3.8, 4) is 0 Å². The van der Waals surface area contributed by atoms with Crippen molar-refractivity contribution in [3.63, 3.8) is 0 Å². The van der Waals surface area contributed by atoms with Crippen LogP contribution in [0, 0.1) is 0 Å². The van der Waals surface area contributed by atoms with Gasteiger partial charge in [-0.1, -0.05) is 0 Å². The highest BCUT2D eigenvalue weighted by molar-refractivity contribution is 7.86. The predicted octanol–water partition coefficient (Wildman–Crippen LogP) is 0.422. The van der Waals surface area contributed by atoms with E-state index in [1.807, 2.05) is 0 Å². The number of hydrogen-bond donors (Lipinski definition) is 0. The lowest BCUT2D eigenvalue weighted by atomic mass is 10.3. The van der Waals surface area contributed by atoms with Crippen LogP contribution >= 0.6 is 0 Å². The summed E-state index contributed by atoms with van der Waals surface area (Å²) in [4.78, 5) is 0. The van der Waals surface area contributed by atoms with Gasteiger partial charge < -0.3 is 0 Å². The highest BCUT2D eigenvalue weighted by Crippen LogP contribution is 2.15. The van der Waals surface area contributed by atoms with Crippen LogP contribution in [0.5, 0.6) is 0 Å². The molecule has 1 atom stereocenters. The van der Waals surface area contributed by atoms with E-state index in [0.717, 1.165) is 0 Å². The molecular weight excluding hydrogens is 147 g/mol. The summed E-state index contributed by atoms with van der Waals surface area (Å²) < 4.78 is 36.9. The lowest BCUT2D eigenvalue weighted by Gasteiger charge is -2.14. The van der Waals surface area contributed by atoms with Crippen molar-refractivity contribution in [2.45, 2.75) is 19.2 Å². The fourth-order valence-electron chi connectivity index (χ4n) is 0.676. The van der Waals surface area contributed by atoms with Crippen LogP contribution in [-0.2, 0) is 14.3 Å². The minimum atomic E-state index is -3.51. The number of rotatable bonds is 0. The summed E-state index contributed by atoms with van der Waals surface area (Å²) in [5, 5.41) is 0. The Bertz CT molecular complexity index is 186. The van der Waals surface area contributed by atoms with Gasteiger partial charge in [-0.3, -0.25) is 0 Å². The van der Waals surface area contributed by atoms with Gasteiger partial charge in [-0.05, 0) is 6.42 Å². The Morgan fingerprint density at radius 3 is 2.56 bits per heavy atom. The molecule has 0 aliphatic carbocycles. The van der Waals surface area contributed by atoms with E-state index in [2.05, 4.69) is 4.18 Å².